The zero-order valence-electron chi connectivity index (χ0n) is 23.2. The van der Waals surface area contributed by atoms with Crippen molar-refractivity contribution in [3.63, 3.8) is 0 Å². The van der Waals surface area contributed by atoms with Gasteiger partial charge in [0, 0.05) is 42.7 Å². The van der Waals surface area contributed by atoms with Gasteiger partial charge in [-0.1, -0.05) is 44.0 Å². The standard InChI is InChI=1S/C29H36N4O5S3/c1-22-8-7-17-33(20-22)41(37,38)26-10-6-9-24(18-26)28(34)19-30-29-31-27(21-39-29)23-11-13-25(14-12-23)40(35,36)32-15-4-2-3-5-16-32/h6,9-14,18,21-22H,2-5,7-8,15-17,19-20H2,1H3,(H,30,31). The lowest BCUT2D eigenvalue weighted by Gasteiger charge is -2.30. The fourth-order valence-corrected chi connectivity index (χ4v) is 9.20. The summed E-state index contributed by atoms with van der Waals surface area (Å²) < 4.78 is 55.5. The molecule has 2 aliphatic heterocycles. The molecule has 0 bridgehead atoms. The summed E-state index contributed by atoms with van der Waals surface area (Å²) in [6, 6.07) is 13.0. The smallest absolute Gasteiger partial charge is 0.243 e. The normalized spacial score (nSPS) is 19.5. The number of ketones is 1. The number of carbonyl (C=O) groups is 1. The van der Waals surface area contributed by atoms with E-state index < -0.39 is 20.0 Å². The molecule has 1 aromatic heterocycles. The zero-order chi connectivity index (χ0) is 29.0. The van der Waals surface area contributed by atoms with E-state index >= 15 is 0 Å². The molecular weight excluding hydrogens is 581 g/mol. The maximum atomic E-state index is 13.1. The van der Waals surface area contributed by atoms with Gasteiger partial charge in [-0.2, -0.15) is 8.61 Å². The molecule has 12 heteroatoms. The Morgan fingerprint density at radius 1 is 0.902 bits per heavy atom. The lowest BCUT2D eigenvalue weighted by molar-refractivity contribution is 0.101. The van der Waals surface area contributed by atoms with Crippen molar-refractivity contribution in [3.05, 3.63) is 59.5 Å². The molecule has 220 valence electrons. The van der Waals surface area contributed by atoms with Crippen molar-refractivity contribution in [2.75, 3.05) is 38.0 Å². The van der Waals surface area contributed by atoms with Crippen LogP contribution in [-0.4, -0.2) is 68.9 Å². The molecule has 2 aliphatic rings. The zero-order valence-corrected chi connectivity index (χ0v) is 25.6. The molecule has 2 saturated heterocycles. The minimum absolute atomic E-state index is 0.0375. The summed E-state index contributed by atoms with van der Waals surface area (Å²) in [5.74, 6) is 0.0692. The number of thiazole rings is 1. The lowest BCUT2D eigenvalue weighted by Crippen LogP contribution is -2.39. The van der Waals surface area contributed by atoms with Crippen LogP contribution in [0.2, 0.25) is 0 Å². The van der Waals surface area contributed by atoms with Gasteiger partial charge < -0.3 is 5.32 Å². The average molecular weight is 617 g/mol. The lowest BCUT2D eigenvalue weighted by atomic mass is 10.0. The van der Waals surface area contributed by atoms with E-state index in [9.17, 15) is 21.6 Å². The number of piperidine rings is 1. The first kappa shape index (κ1) is 29.8. The fraction of sp³-hybridized carbons (Fsp3) is 0.448. The predicted molar refractivity (Wildman–Crippen MR) is 161 cm³/mol. The van der Waals surface area contributed by atoms with Crippen molar-refractivity contribution in [1.82, 2.24) is 13.6 Å². The number of Topliss-reactive ketones (excluding diaryl/α,β-unsaturated/α-hetero) is 1. The van der Waals surface area contributed by atoms with E-state index in [0.29, 0.717) is 48.5 Å². The molecule has 0 aliphatic carbocycles. The van der Waals surface area contributed by atoms with Crippen LogP contribution in [0.5, 0.6) is 0 Å². The Kier molecular flexibility index (Phi) is 9.24. The van der Waals surface area contributed by atoms with Gasteiger partial charge in [0.2, 0.25) is 20.0 Å². The van der Waals surface area contributed by atoms with Gasteiger partial charge in [-0.3, -0.25) is 4.79 Å². The Labute approximate surface area is 246 Å². The van der Waals surface area contributed by atoms with Crippen molar-refractivity contribution in [2.45, 2.75) is 55.2 Å². The van der Waals surface area contributed by atoms with Gasteiger partial charge in [0.05, 0.1) is 22.0 Å². The predicted octanol–water partition coefficient (Wildman–Crippen LogP) is 5.09. The summed E-state index contributed by atoms with van der Waals surface area (Å²) in [5, 5.41) is 5.43. The van der Waals surface area contributed by atoms with Crippen molar-refractivity contribution in [2.24, 2.45) is 5.92 Å². The molecule has 2 aromatic carbocycles. The maximum Gasteiger partial charge on any atom is 0.243 e. The first-order chi connectivity index (χ1) is 19.6. The van der Waals surface area contributed by atoms with E-state index in [0.717, 1.165) is 44.1 Å². The van der Waals surface area contributed by atoms with Gasteiger partial charge in [-0.15, -0.1) is 11.3 Å². The number of aromatic nitrogens is 1. The second-order valence-electron chi connectivity index (χ2n) is 10.8. The highest BCUT2D eigenvalue weighted by Gasteiger charge is 2.29. The van der Waals surface area contributed by atoms with E-state index in [-0.39, 0.29) is 22.1 Å². The van der Waals surface area contributed by atoms with Gasteiger partial charge >= 0.3 is 0 Å². The Balaban J connectivity index is 1.21. The van der Waals surface area contributed by atoms with Gasteiger partial charge in [0.25, 0.3) is 0 Å². The third-order valence-electron chi connectivity index (χ3n) is 7.67. The van der Waals surface area contributed by atoms with Crippen LogP contribution >= 0.6 is 11.3 Å². The van der Waals surface area contributed by atoms with E-state index in [1.54, 1.807) is 40.7 Å². The average Bonchev–Trinajstić information content (AvgIpc) is 3.28. The molecule has 2 fully saturated rings. The van der Waals surface area contributed by atoms with Crippen molar-refractivity contribution in [1.29, 1.82) is 0 Å². The Morgan fingerprint density at radius 3 is 2.29 bits per heavy atom. The minimum Gasteiger partial charge on any atom is -0.354 e. The maximum absolute atomic E-state index is 13.1. The van der Waals surface area contributed by atoms with Gasteiger partial charge in [0.1, 0.15) is 0 Å². The van der Waals surface area contributed by atoms with Gasteiger partial charge in [0.15, 0.2) is 10.9 Å². The molecule has 1 N–H and O–H groups in total. The number of rotatable bonds is 9. The number of carbonyl (C=O) groups excluding carboxylic acids is 1. The SMILES string of the molecule is CC1CCCN(S(=O)(=O)c2cccc(C(=O)CNc3nc(-c4ccc(S(=O)(=O)N5CCCCCC5)cc4)cs3)c2)C1. The Hall–Kier alpha value is -2.64. The number of hydrogen-bond acceptors (Lipinski definition) is 8. The van der Waals surface area contributed by atoms with Crippen molar-refractivity contribution >= 4 is 42.3 Å². The molecule has 0 saturated carbocycles. The molecule has 0 amide bonds. The van der Waals surface area contributed by atoms with Crippen LogP contribution in [0.4, 0.5) is 5.13 Å². The van der Waals surface area contributed by atoms with E-state index in [4.69, 9.17) is 0 Å². The molecule has 9 nitrogen and oxygen atoms in total. The number of benzene rings is 2. The Bertz CT molecular complexity index is 1580. The second kappa shape index (κ2) is 12.7. The molecule has 1 unspecified atom stereocenters. The number of nitrogens with zero attached hydrogens (tertiary/aromatic N) is 3. The van der Waals surface area contributed by atoms with E-state index in [2.05, 4.69) is 10.3 Å². The van der Waals surface area contributed by atoms with E-state index in [1.165, 1.54) is 27.8 Å². The molecule has 0 spiro atoms. The molecule has 0 radical (unpaired) electrons. The summed E-state index contributed by atoms with van der Waals surface area (Å²) in [7, 11) is -7.18. The number of nitrogens with one attached hydrogen (secondary N) is 1. The number of anilines is 1. The highest BCUT2D eigenvalue weighted by atomic mass is 32.2. The van der Waals surface area contributed by atoms with Crippen LogP contribution in [0.15, 0.2) is 63.7 Å². The number of sulfonamides is 2. The highest BCUT2D eigenvalue weighted by Crippen LogP contribution is 2.28. The van der Waals surface area contributed by atoms with Crippen molar-refractivity contribution in [3.8, 4) is 11.3 Å². The summed E-state index contributed by atoms with van der Waals surface area (Å²) in [4.78, 5) is 17.9. The molecule has 5 rings (SSSR count). The summed E-state index contributed by atoms with van der Waals surface area (Å²) >= 11 is 1.34. The third kappa shape index (κ3) is 6.89. The second-order valence-corrected chi connectivity index (χ2v) is 15.5. The van der Waals surface area contributed by atoms with Crippen molar-refractivity contribution < 1.29 is 21.6 Å². The molecule has 41 heavy (non-hydrogen) atoms. The summed E-state index contributed by atoms with van der Waals surface area (Å²) in [5.41, 5.74) is 1.77. The van der Waals surface area contributed by atoms with Crippen LogP contribution in [0, 0.1) is 5.92 Å². The molecule has 3 heterocycles. The topological polar surface area (TPSA) is 117 Å². The molecular formula is C29H36N4O5S3. The van der Waals surface area contributed by atoms with Crippen LogP contribution in [0.1, 0.15) is 55.8 Å². The monoisotopic (exact) mass is 616 g/mol. The largest absolute Gasteiger partial charge is 0.354 e. The first-order valence-corrected chi connectivity index (χ1v) is 17.8. The number of hydrogen-bond donors (Lipinski definition) is 1. The van der Waals surface area contributed by atoms with Crippen LogP contribution in [-0.2, 0) is 20.0 Å². The highest BCUT2D eigenvalue weighted by molar-refractivity contribution is 7.89. The minimum atomic E-state index is -3.66. The van der Waals surface area contributed by atoms with Crippen LogP contribution in [0.3, 0.4) is 0 Å². The van der Waals surface area contributed by atoms with Crippen LogP contribution in [0.25, 0.3) is 11.3 Å². The fourth-order valence-electron chi connectivity index (χ4n) is 5.32. The quantitative estimate of drug-likeness (QED) is 0.333. The molecule has 3 aromatic rings. The van der Waals surface area contributed by atoms with Crippen LogP contribution < -0.4 is 5.32 Å². The van der Waals surface area contributed by atoms with Gasteiger partial charge in [-0.05, 0) is 55.9 Å². The Morgan fingerprint density at radius 2 is 1.59 bits per heavy atom. The van der Waals surface area contributed by atoms with Gasteiger partial charge in [-0.25, -0.2) is 21.8 Å². The molecule has 1 atom stereocenters. The van der Waals surface area contributed by atoms with E-state index in [1.807, 2.05) is 12.3 Å². The summed E-state index contributed by atoms with van der Waals surface area (Å²) in [6.07, 6.45) is 5.74. The first-order valence-electron chi connectivity index (χ1n) is 14.1. The third-order valence-corrected chi connectivity index (χ3v) is 12.2. The summed E-state index contributed by atoms with van der Waals surface area (Å²) in [6.45, 7) is 4.11.